The van der Waals surface area contributed by atoms with Gasteiger partial charge in [0.2, 0.25) is 0 Å². The monoisotopic (exact) mass is 432 g/mol. The van der Waals surface area contributed by atoms with Crippen molar-refractivity contribution in [3.8, 4) is 5.75 Å². The summed E-state index contributed by atoms with van der Waals surface area (Å²) in [5.41, 5.74) is 6.65. The van der Waals surface area contributed by atoms with Gasteiger partial charge in [-0.3, -0.25) is 5.41 Å². The molecule has 0 saturated heterocycles. The van der Waals surface area contributed by atoms with E-state index in [9.17, 15) is 4.39 Å². The van der Waals surface area contributed by atoms with E-state index in [1.807, 2.05) is 14.0 Å². The van der Waals surface area contributed by atoms with E-state index in [4.69, 9.17) is 20.6 Å². The fourth-order valence-electron chi connectivity index (χ4n) is 2.66. The molecular formula is C22H33FN6O2. The minimum absolute atomic E-state index is 0.0902. The quantitative estimate of drug-likeness (QED) is 0.259. The maximum atomic E-state index is 14.2. The Morgan fingerprint density at radius 3 is 2.58 bits per heavy atom. The molecule has 2 aromatic rings. The molecule has 1 aliphatic rings. The molecule has 0 bridgehead atoms. The van der Waals surface area contributed by atoms with Crippen LogP contribution in [0.15, 0.2) is 24.5 Å². The molecule has 170 valence electrons. The minimum Gasteiger partial charge on any atom is -0.484 e. The van der Waals surface area contributed by atoms with Crippen LogP contribution in [0.4, 0.5) is 15.9 Å². The van der Waals surface area contributed by atoms with E-state index in [-0.39, 0.29) is 22.7 Å². The second kappa shape index (κ2) is 11.6. The first-order valence-electron chi connectivity index (χ1n) is 10.4. The zero-order valence-corrected chi connectivity index (χ0v) is 18.7. The molecule has 1 heterocycles. The molecule has 0 unspecified atom stereocenters. The lowest BCUT2D eigenvalue weighted by Gasteiger charge is -2.16. The van der Waals surface area contributed by atoms with Gasteiger partial charge in [-0.05, 0) is 39.3 Å². The van der Waals surface area contributed by atoms with Gasteiger partial charge in [0.05, 0.1) is 11.4 Å². The van der Waals surface area contributed by atoms with Crippen molar-refractivity contribution < 1.29 is 13.9 Å². The number of likely N-dealkylation sites (N-methyl/N-ethyl adjacent to an activating group) is 1. The lowest BCUT2D eigenvalue weighted by molar-refractivity contribution is 0.191. The number of methoxy groups -OCH3 is 1. The molecule has 0 radical (unpaired) electrons. The zero-order chi connectivity index (χ0) is 22.9. The molecule has 31 heavy (non-hydrogen) atoms. The van der Waals surface area contributed by atoms with Crippen LogP contribution in [0.25, 0.3) is 0 Å². The van der Waals surface area contributed by atoms with Crippen molar-refractivity contribution in [3.05, 3.63) is 41.6 Å². The predicted octanol–water partition coefficient (Wildman–Crippen LogP) is 3.22. The lowest BCUT2D eigenvalue weighted by atomic mass is 10.0. The fraction of sp³-hybridized carbons (Fsp3) is 0.500. The Morgan fingerprint density at radius 1 is 1.26 bits per heavy atom. The van der Waals surface area contributed by atoms with Crippen LogP contribution < -0.4 is 21.1 Å². The number of nitrogens with zero attached hydrogens (tertiary/aromatic N) is 2. The van der Waals surface area contributed by atoms with Crippen molar-refractivity contribution in [3.63, 3.8) is 0 Å². The van der Waals surface area contributed by atoms with Crippen LogP contribution in [0.1, 0.15) is 44.4 Å². The summed E-state index contributed by atoms with van der Waals surface area (Å²) < 4.78 is 24.6. The first kappa shape index (κ1) is 24.5. The van der Waals surface area contributed by atoms with Gasteiger partial charge in [-0.15, -0.1) is 0 Å². The van der Waals surface area contributed by atoms with Gasteiger partial charge in [-0.1, -0.05) is 6.92 Å². The summed E-state index contributed by atoms with van der Waals surface area (Å²) in [5.74, 6) is 0.197. The number of nitrogen functional groups attached to an aromatic ring is 1. The lowest BCUT2D eigenvalue weighted by Crippen LogP contribution is -2.18. The van der Waals surface area contributed by atoms with Gasteiger partial charge in [-0.2, -0.15) is 0 Å². The van der Waals surface area contributed by atoms with E-state index in [1.54, 1.807) is 13.2 Å². The number of rotatable bonds is 10. The molecule has 0 aliphatic heterocycles. The largest absolute Gasteiger partial charge is 0.484 e. The average molecular weight is 433 g/mol. The molecule has 1 aliphatic carbocycles. The Hall–Kier alpha value is -2.78. The number of benzene rings is 1. The maximum absolute atomic E-state index is 14.2. The van der Waals surface area contributed by atoms with Crippen LogP contribution in [-0.2, 0) is 4.74 Å². The number of anilines is 2. The van der Waals surface area contributed by atoms with E-state index in [1.165, 1.54) is 18.5 Å². The fourth-order valence-corrected chi connectivity index (χ4v) is 2.66. The maximum Gasteiger partial charge on any atom is 0.167 e. The van der Waals surface area contributed by atoms with Gasteiger partial charge in [0.25, 0.3) is 0 Å². The van der Waals surface area contributed by atoms with Crippen LogP contribution in [0.5, 0.6) is 5.75 Å². The third-order valence-electron chi connectivity index (χ3n) is 4.70. The summed E-state index contributed by atoms with van der Waals surface area (Å²) in [6.07, 6.45) is 4.28. The molecule has 0 spiro atoms. The molecule has 3 rings (SSSR count). The van der Waals surface area contributed by atoms with Crippen molar-refractivity contribution in [1.29, 1.82) is 5.41 Å². The molecule has 1 saturated carbocycles. The normalized spacial score (nSPS) is 13.7. The van der Waals surface area contributed by atoms with Crippen molar-refractivity contribution in [2.75, 3.05) is 44.9 Å². The predicted molar refractivity (Wildman–Crippen MR) is 122 cm³/mol. The average Bonchev–Trinajstić information content (AvgIpc) is 3.48. The third-order valence-corrected chi connectivity index (χ3v) is 4.70. The summed E-state index contributed by atoms with van der Waals surface area (Å²) >= 11 is 0. The summed E-state index contributed by atoms with van der Waals surface area (Å²) in [7, 11) is 3.57. The molecule has 8 nitrogen and oxygen atoms in total. The van der Waals surface area contributed by atoms with Gasteiger partial charge in [-0.25, -0.2) is 14.4 Å². The van der Waals surface area contributed by atoms with Gasteiger partial charge < -0.3 is 25.8 Å². The SMILES string of the molecule is CCCOC.CNCCNc1cc(C(=N)c2cc(OC3(C)CC3)c(F)cc2N)ncn1. The van der Waals surface area contributed by atoms with Crippen molar-refractivity contribution in [2.24, 2.45) is 0 Å². The first-order chi connectivity index (χ1) is 14.8. The highest BCUT2D eigenvalue weighted by Crippen LogP contribution is 2.41. The Labute approximate surface area is 183 Å². The van der Waals surface area contributed by atoms with Crippen LogP contribution in [0.2, 0.25) is 0 Å². The second-order valence-electron chi connectivity index (χ2n) is 7.61. The summed E-state index contributed by atoms with van der Waals surface area (Å²) in [6, 6.07) is 4.34. The molecule has 1 aromatic carbocycles. The van der Waals surface area contributed by atoms with E-state index in [0.29, 0.717) is 23.6 Å². The van der Waals surface area contributed by atoms with E-state index in [2.05, 4.69) is 27.5 Å². The van der Waals surface area contributed by atoms with Crippen molar-refractivity contribution in [1.82, 2.24) is 15.3 Å². The van der Waals surface area contributed by atoms with Crippen molar-refractivity contribution in [2.45, 2.75) is 38.7 Å². The first-order valence-corrected chi connectivity index (χ1v) is 10.4. The number of aromatic nitrogens is 2. The van der Waals surface area contributed by atoms with Crippen LogP contribution in [0.3, 0.4) is 0 Å². The summed E-state index contributed by atoms with van der Waals surface area (Å²) in [4.78, 5) is 8.28. The Morgan fingerprint density at radius 2 is 2.00 bits per heavy atom. The van der Waals surface area contributed by atoms with Gasteiger partial charge >= 0.3 is 0 Å². The number of nitrogens with two attached hydrogens (primary N) is 1. The van der Waals surface area contributed by atoms with E-state index >= 15 is 0 Å². The highest BCUT2D eigenvalue weighted by Gasteiger charge is 2.40. The molecular weight excluding hydrogens is 399 g/mol. The summed E-state index contributed by atoms with van der Waals surface area (Å²) in [5, 5.41) is 14.6. The molecule has 0 atom stereocenters. The highest BCUT2D eigenvalue weighted by molar-refractivity contribution is 6.13. The third kappa shape index (κ3) is 7.45. The van der Waals surface area contributed by atoms with Gasteiger partial charge in [0.15, 0.2) is 11.6 Å². The van der Waals surface area contributed by atoms with E-state index in [0.717, 1.165) is 32.4 Å². The second-order valence-corrected chi connectivity index (χ2v) is 7.61. The molecule has 1 aromatic heterocycles. The van der Waals surface area contributed by atoms with Gasteiger partial charge in [0, 0.05) is 50.2 Å². The molecule has 0 amide bonds. The molecule has 9 heteroatoms. The van der Waals surface area contributed by atoms with Crippen LogP contribution in [0, 0.1) is 11.2 Å². The summed E-state index contributed by atoms with van der Waals surface area (Å²) in [6.45, 7) is 6.38. The number of halogens is 1. The number of hydrogen-bond donors (Lipinski definition) is 4. The molecule has 5 N–H and O–H groups in total. The minimum atomic E-state index is -0.524. The standard InChI is InChI=1S/C18H23FN6O.C4H10O/c1-18(3-4-18)26-15-7-11(13(20)8-12(15)19)17(21)14-9-16(25-10-24-14)23-6-5-22-2;1-3-4-5-2/h7-10,21-22H,3-6,20H2,1-2H3,(H,23,24,25);3-4H2,1-2H3. The van der Waals surface area contributed by atoms with Gasteiger partial charge in [0.1, 0.15) is 17.7 Å². The topological polar surface area (TPSA) is 118 Å². The Bertz CT molecular complexity index is 871. The Balaban J connectivity index is 0.000000614. The smallest absolute Gasteiger partial charge is 0.167 e. The highest BCUT2D eigenvalue weighted by atomic mass is 19.1. The van der Waals surface area contributed by atoms with E-state index < -0.39 is 5.82 Å². The van der Waals surface area contributed by atoms with Crippen LogP contribution in [-0.4, -0.2) is 55.1 Å². The van der Waals surface area contributed by atoms with Crippen molar-refractivity contribution >= 4 is 17.2 Å². The number of ether oxygens (including phenoxy) is 2. The number of nitrogens with one attached hydrogen (secondary N) is 3. The number of hydrogen-bond acceptors (Lipinski definition) is 8. The molecule has 1 fully saturated rings. The zero-order valence-electron chi connectivity index (χ0n) is 18.7. The Kier molecular flexibility index (Phi) is 9.14. The van der Waals surface area contributed by atoms with Crippen LogP contribution >= 0.6 is 0 Å².